The fourth-order valence-corrected chi connectivity index (χ4v) is 2.44. The van der Waals surface area contributed by atoms with E-state index < -0.39 is 0 Å². The van der Waals surface area contributed by atoms with Crippen molar-refractivity contribution in [3.05, 3.63) is 52.8 Å². The lowest BCUT2D eigenvalue weighted by molar-refractivity contribution is 0.543. The molecule has 0 aliphatic carbocycles. The van der Waals surface area contributed by atoms with Crippen LogP contribution in [0.25, 0.3) is 0 Å². The van der Waals surface area contributed by atoms with Crippen LogP contribution in [0.3, 0.4) is 0 Å². The number of rotatable bonds is 4. The maximum atomic E-state index is 4.60. The molecule has 1 N–H and O–H groups in total. The summed E-state index contributed by atoms with van der Waals surface area (Å²) in [5.41, 5.74) is 5.24. The van der Waals surface area contributed by atoms with Crippen molar-refractivity contribution >= 4 is 0 Å². The maximum absolute atomic E-state index is 4.60. The van der Waals surface area contributed by atoms with E-state index in [0.29, 0.717) is 0 Å². The normalized spacial score (nSPS) is 11.8. The summed E-state index contributed by atoms with van der Waals surface area (Å²) in [6.07, 6.45) is 2.12. The Morgan fingerprint density at radius 2 is 1.75 bits per heavy atom. The van der Waals surface area contributed by atoms with Crippen LogP contribution in [-0.4, -0.2) is 9.78 Å². The van der Waals surface area contributed by atoms with E-state index in [0.717, 1.165) is 13.1 Å². The summed E-state index contributed by atoms with van der Waals surface area (Å²) in [4.78, 5) is 0. The molecule has 0 amide bonds. The third-order valence-corrected chi connectivity index (χ3v) is 3.51. The Labute approximate surface area is 122 Å². The number of aromatic nitrogens is 2. The summed E-state index contributed by atoms with van der Waals surface area (Å²) in [5.74, 6) is 0. The topological polar surface area (TPSA) is 29.9 Å². The highest BCUT2D eigenvalue weighted by molar-refractivity contribution is 5.26. The lowest BCUT2D eigenvalue weighted by Gasteiger charge is -2.17. The molecule has 3 nitrogen and oxygen atoms in total. The molecular weight excluding hydrogens is 246 g/mol. The van der Waals surface area contributed by atoms with Gasteiger partial charge in [-0.05, 0) is 18.1 Å². The highest BCUT2D eigenvalue weighted by Crippen LogP contribution is 2.24. The molecule has 0 radical (unpaired) electrons. The van der Waals surface area contributed by atoms with Gasteiger partial charge in [0.2, 0.25) is 0 Å². The molecule has 0 unspecified atom stereocenters. The van der Waals surface area contributed by atoms with Gasteiger partial charge in [-0.3, -0.25) is 4.68 Å². The van der Waals surface area contributed by atoms with E-state index in [-0.39, 0.29) is 5.41 Å². The second-order valence-corrected chi connectivity index (χ2v) is 6.46. The molecule has 0 saturated heterocycles. The molecule has 0 fully saturated rings. The zero-order valence-corrected chi connectivity index (χ0v) is 13.2. The molecule has 0 spiro atoms. The third kappa shape index (κ3) is 3.48. The van der Waals surface area contributed by atoms with Crippen LogP contribution < -0.4 is 5.32 Å². The SMILES string of the molecule is Cc1ccccc1CNCc1cn(C)nc1C(C)(C)C. The molecule has 0 aliphatic heterocycles. The first-order chi connectivity index (χ1) is 9.38. The lowest BCUT2D eigenvalue weighted by Crippen LogP contribution is -2.19. The van der Waals surface area contributed by atoms with Crippen molar-refractivity contribution in [1.82, 2.24) is 15.1 Å². The Hall–Kier alpha value is -1.61. The van der Waals surface area contributed by atoms with Gasteiger partial charge in [0, 0.05) is 37.3 Å². The standard InChI is InChI=1S/C17H25N3/c1-13-8-6-7-9-14(13)10-18-11-15-12-20(5)19-16(15)17(2,3)4/h6-9,12,18H,10-11H2,1-5H3. The van der Waals surface area contributed by atoms with Crippen LogP contribution in [0.15, 0.2) is 30.5 Å². The van der Waals surface area contributed by atoms with Crippen molar-refractivity contribution < 1.29 is 0 Å². The van der Waals surface area contributed by atoms with Crippen molar-refractivity contribution in [1.29, 1.82) is 0 Å². The number of hydrogen-bond donors (Lipinski definition) is 1. The van der Waals surface area contributed by atoms with Crippen molar-refractivity contribution in [2.45, 2.75) is 46.2 Å². The largest absolute Gasteiger partial charge is 0.308 e. The van der Waals surface area contributed by atoms with Crippen molar-refractivity contribution in [3.63, 3.8) is 0 Å². The van der Waals surface area contributed by atoms with Crippen LogP contribution >= 0.6 is 0 Å². The molecule has 3 heteroatoms. The number of nitrogens with one attached hydrogen (secondary N) is 1. The van der Waals surface area contributed by atoms with Gasteiger partial charge in [-0.2, -0.15) is 5.10 Å². The minimum absolute atomic E-state index is 0.0843. The van der Waals surface area contributed by atoms with E-state index in [4.69, 9.17) is 0 Å². The zero-order valence-electron chi connectivity index (χ0n) is 13.2. The van der Waals surface area contributed by atoms with Crippen molar-refractivity contribution in [2.24, 2.45) is 7.05 Å². The van der Waals surface area contributed by atoms with E-state index in [2.05, 4.69) is 68.6 Å². The van der Waals surface area contributed by atoms with Gasteiger partial charge in [0.25, 0.3) is 0 Å². The van der Waals surface area contributed by atoms with Gasteiger partial charge in [-0.15, -0.1) is 0 Å². The highest BCUT2D eigenvalue weighted by atomic mass is 15.3. The van der Waals surface area contributed by atoms with Gasteiger partial charge in [0.1, 0.15) is 0 Å². The fraction of sp³-hybridized carbons (Fsp3) is 0.471. The maximum Gasteiger partial charge on any atom is 0.0722 e. The molecule has 1 aromatic carbocycles. The molecule has 1 heterocycles. The van der Waals surface area contributed by atoms with Crippen LogP contribution in [0.4, 0.5) is 0 Å². The number of hydrogen-bond acceptors (Lipinski definition) is 2. The Morgan fingerprint density at radius 3 is 2.40 bits per heavy atom. The van der Waals surface area contributed by atoms with Gasteiger partial charge in [0.05, 0.1) is 5.69 Å². The van der Waals surface area contributed by atoms with Crippen molar-refractivity contribution in [3.8, 4) is 0 Å². The van der Waals surface area contributed by atoms with E-state index in [1.807, 2.05) is 11.7 Å². The van der Waals surface area contributed by atoms with Gasteiger partial charge in [-0.25, -0.2) is 0 Å². The first-order valence-electron chi connectivity index (χ1n) is 7.16. The van der Waals surface area contributed by atoms with E-state index in [1.54, 1.807) is 0 Å². The van der Waals surface area contributed by atoms with Gasteiger partial charge in [0.15, 0.2) is 0 Å². The average molecular weight is 271 g/mol. The zero-order chi connectivity index (χ0) is 14.8. The minimum atomic E-state index is 0.0843. The third-order valence-electron chi connectivity index (χ3n) is 3.51. The number of aryl methyl sites for hydroxylation is 2. The molecule has 0 bridgehead atoms. The van der Waals surface area contributed by atoms with E-state index in [9.17, 15) is 0 Å². The quantitative estimate of drug-likeness (QED) is 0.924. The Bertz CT molecular complexity index is 576. The molecule has 108 valence electrons. The molecule has 2 rings (SSSR count). The smallest absolute Gasteiger partial charge is 0.0722 e. The minimum Gasteiger partial charge on any atom is -0.308 e. The monoisotopic (exact) mass is 271 g/mol. The molecule has 20 heavy (non-hydrogen) atoms. The molecule has 2 aromatic rings. The first-order valence-corrected chi connectivity index (χ1v) is 7.16. The average Bonchev–Trinajstić information content (AvgIpc) is 2.73. The Morgan fingerprint density at radius 1 is 1.10 bits per heavy atom. The summed E-state index contributed by atoms with van der Waals surface area (Å²) < 4.78 is 1.91. The Balaban J connectivity index is 2.03. The molecule has 0 atom stereocenters. The van der Waals surface area contributed by atoms with E-state index in [1.165, 1.54) is 22.4 Å². The first kappa shape index (κ1) is 14.8. The molecular formula is C17H25N3. The van der Waals surface area contributed by atoms with Crippen LogP contribution in [0, 0.1) is 6.92 Å². The molecule has 0 saturated carbocycles. The summed E-state index contributed by atoms with van der Waals surface area (Å²) >= 11 is 0. The predicted octanol–water partition coefficient (Wildman–Crippen LogP) is 3.32. The summed E-state index contributed by atoms with van der Waals surface area (Å²) in [5, 5.41) is 8.13. The summed E-state index contributed by atoms with van der Waals surface area (Å²) in [7, 11) is 1.99. The lowest BCUT2D eigenvalue weighted by atomic mass is 9.89. The second kappa shape index (κ2) is 5.80. The van der Waals surface area contributed by atoms with Gasteiger partial charge >= 0.3 is 0 Å². The highest BCUT2D eigenvalue weighted by Gasteiger charge is 2.21. The summed E-state index contributed by atoms with van der Waals surface area (Å²) in [6, 6.07) is 8.50. The molecule has 1 aromatic heterocycles. The second-order valence-electron chi connectivity index (χ2n) is 6.46. The van der Waals surface area contributed by atoms with Crippen LogP contribution in [-0.2, 0) is 25.6 Å². The van der Waals surface area contributed by atoms with Crippen LogP contribution in [0.2, 0.25) is 0 Å². The van der Waals surface area contributed by atoms with Crippen LogP contribution in [0.5, 0.6) is 0 Å². The Kier molecular flexibility index (Phi) is 4.29. The summed E-state index contributed by atoms with van der Waals surface area (Å²) in [6.45, 7) is 10.5. The van der Waals surface area contributed by atoms with Gasteiger partial charge < -0.3 is 5.32 Å². The van der Waals surface area contributed by atoms with Gasteiger partial charge in [-0.1, -0.05) is 45.0 Å². The number of nitrogens with zero attached hydrogens (tertiary/aromatic N) is 2. The predicted molar refractivity (Wildman–Crippen MR) is 83.6 cm³/mol. The molecule has 0 aliphatic rings. The fourth-order valence-electron chi connectivity index (χ4n) is 2.44. The van der Waals surface area contributed by atoms with Crippen molar-refractivity contribution in [2.75, 3.05) is 0 Å². The van der Waals surface area contributed by atoms with E-state index >= 15 is 0 Å². The van der Waals surface area contributed by atoms with Crippen LogP contribution in [0.1, 0.15) is 43.2 Å². The number of benzene rings is 1.